The Hall–Kier alpha value is -3.09. The van der Waals surface area contributed by atoms with E-state index in [0.29, 0.717) is 5.56 Å². The number of alkyl halides is 3. The molecule has 7 heteroatoms. The van der Waals surface area contributed by atoms with E-state index < -0.39 is 11.7 Å². The van der Waals surface area contributed by atoms with E-state index in [0.717, 1.165) is 29.8 Å². The molecule has 0 saturated carbocycles. The van der Waals surface area contributed by atoms with Crippen molar-refractivity contribution >= 4 is 11.6 Å². The average molecular weight is 372 g/mol. The zero-order valence-corrected chi connectivity index (χ0v) is 14.3. The predicted molar refractivity (Wildman–Crippen MR) is 93.4 cm³/mol. The molecule has 4 nitrogen and oxygen atoms in total. The zero-order valence-electron chi connectivity index (χ0n) is 14.3. The summed E-state index contributed by atoms with van der Waals surface area (Å²) in [5.41, 5.74) is 1.67. The number of carbonyl (C=O) groups is 1. The molecule has 0 saturated heterocycles. The summed E-state index contributed by atoms with van der Waals surface area (Å²) in [4.78, 5) is 18.8. The lowest BCUT2D eigenvalue weighted by atomic mass is 10.1. The molecule has 0 bridgehead atoms. The molecule has 1 aliphatic rings. The maximum Gasteiger partial charge on any atom is 0.416 e. The number of carbonyl (C=O) groups excluding carboxylic acids is 1. The van der Waals surface area contributed by atoms with Crippen molar-refractivity contribution in [1.29, 1.82) is 0 Å². The van der Waals surface area contributed by atoms with Crippen LogP contribution in [0.1, 0.15) is 28.5 Å². The van der Waals surface area contributed by atoms with Crippen molar-refractivity contribution in [2.75, 3.05) is 4.90 Å². The van der Waals surface area contributed by atoms with Gasteiger partial charge in [-0.3, -0.25) is 4.79 Å². The highest BCUT2D eigenvalue weighted by Crippen LogP contribution is 2.34. The van der Waals surface area contributed by atoms with E-state index in [1.54, 1.807) is 4.90 Å². The highest BCUT2D eigenvalue weighted by Gasteiger charge is 2.33. The van der Waals surface area contributed by atoms with Crippen LogP contribution in [0.3, 0.4) is 0 Å². The van der Waals surface area contributed by atoms with Crippen LogP contribution in [0.15, 0.2) is 59.2 Å². The average Bonchev–Trinajstić information content (AvgIpc) is 3.24. The van der Waals surface area contributed by atoms with Crippen molar-refractivity contribution in [3.63, 3.8) is 0 Å². The van der Waals surface area contributed by atoms with Gasteiger partial charge in [0, 0.05) is 17.3 Å². The van der Waals surface area contributed by atoms with Gasteiger partial charge in [-0.05, 0) is 49.2 Å². The Labute approximate surface area is 153 Å². The number of amides is 1. The van der Waals surface area contributed by atoms with Crippen LogP contribution in [0, 0.1) is 0 Å². The summed E-state index contributed by atoms with van der Waals surface area (Å²) in [6, 6.07) is 12.1. The second-order valence-corrected chi connectivity index (χ2v) is 6.47. The van der Waals surface area contributed by atoms with Crippen LogP contribution in [0.25, 0.3) is 11.5 Å². The Balaban J connectivity index is 1.60. The van der Waals surface area contributed by atoms with E-state index in [1.807, 2.05) is 31.2 Å². The fourth-order valence-corrected chi connectivity index (χ4v) is 3.30. The molecule has 0 N–H and O–H groups in total. The van der Waals surface area contributed by atoms with Crippen molar-refractivity contribution in [3.05, 3.63) is 71.6 Å². The maximum atomic E-state index is 12.9. The number of aromatic nitrogens is 1. The van der Waals surface area contributed by atoms with Crippen LogP contribution >= 0.6 is 0 Å². The van der Waals surface area contributed by atoms with E-state index >= 15 is 0 Å². The Kier molecular flexibility index (Phi) is 4.02. The molecule has 27 heavy (non-hydrogen) atoms. The number of fused-ring (bicyclic) bond motifs is 1. The predicted octanol–water partition coefficient (Wildman–Crippen LogP) is 4.95. The summed E-state index contributed by atoms with van der Waals surface area (Å²) in [7, 11) is 0. The molecular formula is C20H15F3N2O2. The molecule has 1 atom stereocenters. The van der Waals surface area contributed by atoms with Crippen molar-refractivity contribution in [1.82, 2.24) is 4.98 Å². The quantitative estimate of drug-likeness (QED) is 0.639. The number of nitrogens with zero attached hydrogens (tertiary/aromatic N) is 2. The van der Waals surface area contributed by atoms with Gasteiger partial charge in [-0.15, -0.1) is 0 Å². The Morgan fingerprint density at radius 3 is 2.56 bits per heavy atom. The monoisotopic (exact) mass is 372 g/mol. The fraction of sp³-hybridized carbons (Fsp3) is 0.200. The molecule has 1 aliphatic heterocycles. The molecule has 0 spiro atoms. The fourth-order valence-electron chi connectivity index (χ4n) is 3.30. The Morgan fingerprint density at radius 2 is 1.85 bits per heavy atom. The molecule has 138 valence electrons. The van der Waals surface area contributed by atoms with Gasteiger partial charge in [-0.2, -0.15) is 13.2 Å². The van der Waals surface area contributed by atoms with Crippen LogP contribution in [0.4, 0.5) is 18.9 Å². The van der Waals surface area contributed by atoms with Crippen LogP contribution in [-0.4, -0.2) is 16.9 Å². The lowest BCUT2D eigenvalue weighted by molar-refractivity contribution is -0.137. The molecule has 2 heterocycles. The first-order valence-corrected chi connectivity index (χ1v) is 8.39. The number of hydrogen-bond acceptors (Lipinski definition) is 3. The van der Waals surface area contributed by atoms with Crippen LogP contribution in [0.2, 0.25) is 0 Å². The van der Waals surface area contributed by atoms with E-state index in [4.69, 9.17) is 4.42 Å². The summed E-state index contributed by atoms with van der Waals surface area (Å²) < 4.78 is 43.4. The molecule has 1 aromatic heterocycles. The standard InChI is InChI=1S/C20H15F3N2O2/c1-12-10-14-4-2-3-5-17(14)25(12)19(26)16-11-27-18(24-16)13-6-8-15(9-7-13)20(21,22)23/h2-9,11-12H,10H2,1H3. The van der Waals surface area contributed by atoms with Crippen LogP contribution < -0.4 is 4.90 Å². The first-order chi connectivity index (χ1) is 12.8. The molecule has 1 amide bonds. The number of oxazole rings is 1. The third kappa shape index (κ3) is 3.09. The van der Waals surface area contributed by atoms with Gasteiger partial charge >= 0.3 is 6.18 Å². The molecule has 4 rings (SSSR count). The number of para-hydroxylation sites is 1. The lowest BCUT2D eigenvalue weighted by Crippen LogP contribution is -2.35. The first-order valence-electron chi connectivity index (χ1n) is 8.39. The van der Waals surface area contributed by atoms with Crippen molar-refractivity contribution in [2.24, 2.45) is 0 Å². The summed E-state index contributed by atoms with van der Waals surface area (Å²) in [6.45, 7) is 1.95. The SMILES string of the molecule is CC1Cc2ccccc2N1C(=O)c1coc(-c2ccc(C(F)(F)F)cc2)n1. The van der Waals surface area contributed by atoms with E-state index in [1.165, 1.54) is 18.4 Å². The number of rotatable bonds is 2. The van der Waals surface area contributed by atoms with Crippen molar-refractivity contribution in [2.45, 2.75) is 25.6 Å². The van der Waals surface area contributed by atoms with Crippen LogP contribution in [0.5, 0.6) is 0 Å². The normalized spacial score (nSPS) is 16.4. The minimum Gasteiger partial charge on any atom is -0.444 e. The Bertz CT molecular complexity index is 993. The molecule has 2 aromatic carbocycles. The number of halogens is 3. The van der Waals surface area contributed by atoms with Gasteiger partial charge < -0.3 is 9.32 Å². The van der Waals surface area contributed by atoms with Gasteiger partial charge in [0.2, 0.25) is 5.89 Å². The highest BCUT2D eigenvalue weighted by atomic mass is 19.4. The lowest BCUT2D eigenvalue weighted by Gasteiger charge is -2.21. The Morgan fingerprint density at radius 1 is 1.15 bits per heavy atom. The van der Waals surface area contributed by atoms with Gasteiger partial charge in [0.1, 0.15) is 6.26 Å². The van der Waals surface area contributed by atoms with Gasteiger partial charge in [-0.1, -0.05) is 18.2 Å². The van der Waals surface area contributed by atoms with Gasteiger partial charge in [-0.25, -0.2) is 4.98 Å². The minimum atomic E-state index is -4.41. The van der Waals surface area contributed by atoms with E-state index in [9.17, 15) is 18.0 Å². The summed E-state index contributed by atoms with van der Waals surface area (Å²) in [6.07, 6.45) is -2.41. The van der Waals surface area contributed by atoms with E-state index in [2.05, 4.69) is 4.98 Å². The third-order valence-corrected chi connectivity index (χ3v) is 4.61. The highest BCUT2D eigenvalue weighted by molar-refractivity contribution is 6.06. The van der Waals surface area contributed by atoms with Gasteiger partial charge in [0.05, 0.1) is 5.56 Å². The molecule has 3 aromatic rings. The smallest absolute Gasteiger partial charge is 0.416 e. The maximum absolute atomic E-state index is 12.9. The van der Waals surface area contributed by atoms with Crippen LogP contribution in [-0.2, 0) is 12.6 Å². The summed E-state index contributed by atoms with van der Waals surface area (Å²) in [5, 5.41) is 0. The molecule has 0 aliphatic carbocycles. The topological polar surface area (TPSA) is 46.3 Å². The summed E-state index contributed by atoms with van der Waals surface area (Å²) >= 11 is 0. The molecule has 0 radical (unpaired) electrons. The third-order valence-electron chi connectivity index (χ3n) is 4.61. The number of benzene rings is 2. The van der Waals surface area contributed by atoms with E-state index in [-0.39, 0.29) is 23.5 Å². The second-order valence-electron chi connectivity index (χ2n) is 6.47. The second kappa shape index (κ2) is 6.26. The van der Waals surface area contributed by atoms with Crippen molar-refractivity contribution < 1.29 is 22.4 Å². The van der Waals surface area contributed by atoms with Gasteiger partial charge in [0.25, 0.3) is 5.91 Å². The summed E-state index contributed by atoms with van der Waals surface area (Å²) in [5.74, 6) is -0.193. The molecular weight excluding hydrogens is 357 g/mol. The molecule has 0 fully saturated rings. The largest absolute Gasteiger partial charge is 0.444 e. The minimum absolute atomic E-state index is 0.0129. The van der Waals surface area contributed by atoms with Crippen molar-refractivity contribution in [3.8, 4) is 11.5 Å². The first kappa shape index (κ1) is 17.3. The van der Waals surface area contributed by atoms with Gasteiger partial charge in [0.15, 0.2) is 5.69 Å². The zero-order chi connectivity index (χ0) is 19.2. The molecule has 1 unspecified atom stereocenters. The number of anilines is 1. The number of hydrogen-bond donors (Lipinski definition) is 0.